The molecule has 16 heavy (non-hydrogen) atoms. The highest BCUT2D eigenvalue weighted by atomic mass is 16.5. The third-order valence-corrected chi connectivity index (χ3v) is 2.17. The molecule has 0 heterocycles. The Kier molecular flexibility index (Phi) is 4.33. The van der Waals surface area contributed by atoms with Gasteiger partial charge in [0.1, 0.15) is 11.4 Å². The molecule has 0 aliphatic carbocycles. The number of nitrogens with two attached hydrogens (primary N) is 1. The molecule has 0 amide bonds. The zero-order valence-corrected chi connectivity index (χ0v) is 10.5. The van der Waals surface area contributed by atoms with Gasteiger partial charge >= 0.3 is 0 Å². The quantitative estimate of drug-likeness (QED) is 0.853. The molecule has 2 N–H and O–H groups in total. The summed E-state index contributed by atoms with van der Waals surface area (Å²) >= 11 is 0. The Morgan fingerprint density at radius 1 is 1.19 bits per heavy atom. The Labute approximate surface area is 97.6 Å². The van der Waals surface area contributed by atoms with Crippen LogP contribution in [0.25, 0.3) is 0 Å². The number of rotatable bonds is 4. The normalized spacial score (nSPS) is 13.6. The topological polar surface area (TPSA) is 44.5 Å². The van der Waals surface area contributed by atoms with Crippen molar-refractivity contribution in [2.24, 2.45) is 5.73 Å². The van der Waals surface area contributed by atoms with Crippen LogP contribution in [0.4, 0.5) is 0 Å². The molecule has 0 aliphatic rings. The third kappa shape index (κ3) is 3.83. The van der Waals surface area contributed by atoms with Crippen LogP contribution in [0.5, 0.6) is 5.75 Å². The molecule has 1 rings (SSSR count). The summed E-state index contributed by atoms with van der Waals surface area (Å²) in [6.07, 6.45) is -0.0383. The van der Waals surface area contributed by atoms with Gasteiger partial charge in [-0.15, -0.1) is 0 Å². The van der Waals surface area contributed by atoms with E-state index in [0.29, 0.717) is 6.54 Å². The van der Waals surface area contributed by atoms with Crippen LogP contribution in [0, 0.1) is 0 Å². The van der Waals surface area contributed by atoms with Crippen molar-refractivity contribution in [3.05, 3.63) is 29.8 Å². The lowest BCUT2D eigenvalue weighted by Gasteiger charge is -2.21. The van der Waals surface area contributed by atoms with E-state index in [9.17, 15) is 0 Å². The third-order valence-electron chi connectivity index (χ3n) is 2.17. The van der Waals surface area contributed by atoms with Crippen molar-refractivity contribution in [1.82, 2.24) is 0 Å². The van der Waals surface area contributed by atoms with Gasteiger partial charge in [-0.2, -0.15) is 0 Å². The van der Waals surface area contributed by atoms with Crippen molar-refractivity contribution in [2.45, 2.75) is 32.5 Å². The Morgan fingerprint density at radius 2 is 1.75 bits per heavy atom. The molecule has 1 aromatic carbocycles. The summed E-state index contributed by atoms with van der Waals surface area (Å²) in [6.45, 7) is 6.56. The summed E-state index contributed by atoms with van der Waals surface area (Å²) in [4.78, 5) is 0. The molecular formula is C13H21NO2. The van der Waals surface area contributed by atoms with Crippen LogP contribution in [0.1, 0.15) is 32.4 Å². The van der Waals surface area contributed by atoms with Gasteiger partial charge < -0.3 is 15.2 Å². The maximum Gasteiger partial charge on any atom is 0.120 e. The highest BCUT2D eigenvalue weighted by Gasteiger charge is 2.12. The van der Waals surface area contributed by atoms with E-state index in [2.05, 4.69) is 0 Å². The van der Waals surface area contributed by atoms with Crippen molar-refractivity contribution in [3.8, 4) is 5.75 Å². The minimum Gasteiger partial charge on any atom is -0.488 e. The van der Waals surface area contributed by atoms with Gasteiger partial charge in [0.2, 0.25) is 0 Å². The van der Waals surface area contributed by atoms with Crippen LogP contribution < -0.4 is 10.5 Å². The minimum absolute atomic E-state index is 0.0383. The van der Waals surface area contributed by atoms with Crippen LogP contribution in [-0.2, 0) is 4.74 Å². The molecule has 1 aromatic rings. The van der Waals surface area contributed by atoms with E-state index in [1.165, 1.54) is 0 Å². The van der Waals surface area contributed by atoms with E-state index in [0.717, 1.165) is 11.3 Å². The summed E-state index contributed by atoms with van der Waals surface area (Å²) in [5.41, 5.74) is 6.50. The molecule has 3 heteroatoms. The second-order valence-corrected chi connectivity index (χ2v) is 4.74. The fourth-order valence-electron chi connectivity index (χ4n) is 1.47. The molecule has 0 aromatic heterocycles. The second-order valence-electron chi connectivity index (χ2n) is 4.74. The number of methoxy groups -OCH3 is 1. The van der Waals surface area contributed by atoms with E-state index < -0.39 is 0 Å². The van der Waals surface area contributed by atoms with E-state index in [1.807, 2.05) is 45.0 Å². The van der Waals surface area contributed by atoms with Crippen LogP contribution in [0.3, 0.4) is 0 Å². The largest absolute Gasteiger partial charge is 0.488 e. The van der Waals surface area contributed by atoms with E-state index >= 15 is 0 Å². The molecule has 1 atom stereocenters. The second kappa shape index (κ2) is 5.32. The average molecular weight is 223 g/mol. The standard InChI is InChI=1S/C13H21NO2/c1-13(2,3)16-11-7-5-10(6-8-11)12(9-14)15-4/h5-8,12H,9,14H2,1-4H3. The van der Waals surface area contributed by atoms with Crippen molar-refractivity contribution in [3.63, 3.8) is 0 Å². The first-order valence-corrected chi connectivity index (χ1v) is 5.48. The van der Waals surface area contributed by atoms with Gasteiger partial charge in [-0.3, -0.25) is 0 Å². The predicted octanol–water partition coefficient (Wildman–Crippen LogP) is 2.51. The van der Waals surface area contributed by atoms with Crippen molar-refractivity contribution in [1.29, 1.82) is 0 Å². The molecule has 0 bridgehead atoms. The first-order chi connectivity index (χ1) is 7.46. The first kappa shape index (κ1) is 13.0. The molecule has 0 fully saturated rings. The summed E-state index contributed by atoms with van der Waals surface area (Å²) in [5, 5.41) is 0. The number of ether oxygens (including phenoxy) is 2. The van der Waals surface area contributed by atoms with Gasteiger partial charge in [0, 0.05) is 13.7 Å². The zero-order chi connectivity index (χ0) is 12.2. The maximum atomic E-state index is 5.73. The lowest BCUT2D eigenvalue weighted by molar-refractivity contribution is 0.110. The number of benzene rings is 1. The smallest absolute Gasteiger partial charge is 0.120 e. The fraction of sp³-hybridized carbons (Fsp3) is 0.538. The van der Waals surface area contributed by atoms with Crippen molar-refractivity contribution < 1.29 is 9.47 Å². The highest BCUT2D eigenvalue weighted by Crippen LogP contribution is 2.22. The van der Waals surface area contributed by atoms with Crippen molar-refractivity contribution in [2.75, 3.05) is 13.7 Å². The number of hydrogen-bond acceptors (Lipinski definition) is 3. The Bertz CT molecular complexity index is 310. The summed E-state index contributed by atoms with van der Waals surface area (Å²) in [5.74, 6) is 0.864. The molecule has 0 spiro atoms. The summed E-state index contributed by atoms with van der Waals surface area (Å²) in [7, 11) is 1.66. The lowest BCUT2D eigenvalue weighted by atomic mass is 10.1. The highest BCUT2D eigenvalue weighted by molar-refractivity contribution is 5.29. The average Bonchev–Trinajstić information content (AvgIpc) is 2.20. The summed E-state index contributed by atoms with van der Waals surface area (Å²) < 4.78 is 11.0. The SMILES string of the molecule is COC(CN)c1ccc(OC(C)(C)C)cc1. The molecule has 1 unspecified atom stereocenters. The molecule has 0 saturated heterocycles. The Morgan fingerprint density at radius 3 is 2.12 bits per heavy atom. The van der Waals surface area contributed by atoms with Crippen LogP contribution in [-0.4, -0.2) is 19.3 Å². The van der Waals surface area contributed by atoms with Gasteiger partial charge in [0.25, 0.3) is 0 Å². The van der Waals surface area contributed by atoms with Crippen LogP contribution >= 0.6 is 0 Å². The van der Waals surface area contributed by atoms with Gasteiger partial charge in [-0.1, -0.05) is 12.1 Å². The van der Waals surface area contributed by atoms with Gasteiger partial charge in [0.15, 0.2) is 0 Å². The van der Waals surface area contributed by atoms with Crippen molar-refractivity contribution >= 4 is 0 Å². The first-order valence-electron chi connectivity index (χ1n) is 5.48. The van der Waals surface area contributed by atoms with Crippen LogP contribution in [0.15, 0.2) is 24.3 Å². The van der Waals surface area contributed by atoms with Gasteiger partial charge in [-0.25, -0.2) is 0 Å². The molecule has 0 radical (unpaired) electrons. The monoisotopic (exact) mass is 223 g/mol. The van der Waals surface area contributed by atoms with E-state index in [4.69, 9.17) is 15.2 Å². The molecule has 3 nitrogen and oxygen atoms in total. The summed E-state index contributed by atoms with van der Waals surface area (Å²) in [6, 6.07) is 7.87. The molecule has 0 aliphatic heterocycles. The predicted molar refractivity (Wildman–Crippen MR) is 65.6 cm³/mol. The Balaban J connectivity index is 2.75. The lowest BCUT2D eigenvalue weighted by Crippen LogP contribution is -2.23. The molecular weight excluding hydrogens is 202 g/mol. The van der Waals surface area contributed by atoms with E-state index in [-0.39, 0.29) is 11.7 Å². The maximum absolute atomic E-state index is 5.73. The number of hydrogen-bond donors (Lipinski definition) is 1. The van der Waals surface area contributed by atoms with Gasteiger partial charge in [0.05, 0.1) is 6.10 Å². The minimum atomic E-state index is -0.171. The Hall–Kier alpha value is -1.06. The molecule has 90 valence electrons. The zero-order valence-electron chi connectivity index (χ0n) is 10.5. The molecule has 0 saturated carbocycles. The van der Waals surface area contributed by atoms with E-state index in [1.54, 1.807) is 7.11 Å². The fourth-order valence-corrected chi connectivity index (χ4v) is 1.47. The van der Waals surface area contributed by atoms with Gasteiger partial charge in [-0.05, 0) is 38.5 Å². The van der Waals surface area contributed by atoms with Crippen LogP contribution in [0.2, 0.25) is 0 Å².